The molecular formula is C39H47N11O3. The summed E-state index contributed by atoms with van der Waals surface area (Å²) in [6.07, 6.45) is 4.17. The van der Waals surface area contributed by atoms with E-state index in [1.165, 1.54) is 0 Å². The van der Waals surface area contributed by atoms with Crippen LogP contribution in [0.3, 0.4) is 0 Å². The molecule has 0 saturated carbocycles. The zero-order chi connectivity index (χ0) is 37.2. The summed E-state index contributed by atoms with van der Waals surface area (Å²) in [7, 11) is 3.88. The van der Waals surface area contributed by atoms with Gasteiger partial charge in [0.05, 0.1) is 46.7 Å². The highest BCUT2D eigenvalue weighted by Crippen LogP contribution is 2.21. The summed E-state index contributed by atoms with van der Waals surface area (Å²) in [5, 5.41) is 8.93. The van der Waals surface area contributed by atoms with E-state index in [4.69, 9.17) is 9.73 Å². The number of imidazole rings is 2. The molecule has 1 aliphatic heterocycles. The maximum absolute atomic E-state index is 13.8. The molecule has 2 aromatic carbocycles. The molecule has 0 spiro atoms. The number of carbonyl (C=O) groups is 2. The Morgan fingerprint density at radius 2 is 1.26 bits per heavy atom. The number of aromatic nitrogens is 8. The van der Waals surface area contributed by atoms with Gasteiger partial charge in [0.15, 0.2) is 0 Å². The minimum atomic E-state index is -0.342. The largest absolute Gasteiger partial charge is 0.379 e. The Hall–Kier alpha value is -5.60. The molecule has 1 aliphatic rings. The van der Waals surface area contributed by atoms with E-state index in [2.05, 4.69) is 55.0 Å². The van der Waals surface area contributed by atoms with Gasteiger partial charge in [-0.1, -0.05) is 36.4 Å². The van der Waals surface area contributed by atoms with Crippen LogP contribution in [-0.4, -0.2) is 80.8 Å². The van der Waals surface area contributed by atoms with E-state index in [-0.39, 0.29) is 11.8 Å². The molecule has 2 amide bonds. The lowest BCUT2D eigenvalue weighted by Gasteiger charge is -2.27. The van der Waals surface area contributed by atoms with Gasteiger partial charge >= 0.3 is 0 Å². The van der Waals surface area contributed by atoms with Gasteiger partial charge in [-0.25, -0.2) is 0 Å². The third-order valence-electron chi connectivity index (χ3n) is 9.83. The second-order valence-corrected chi connectivity index (χ2v) is 13.4. The number of hydrogen-bond donors (Lipinski definition) is 0. The number of hydrogen-bond acceptors (Lipinski definition) is 6. The predicted molar refractivity (Wildman–Crippen MR) is 202 cm³/mol. The van der Waals surface area contributed by atoms with Crippen LogP contribution in [0.5, 0.6) is 0 Å². The number of amides is 2. The molecule has 4 aromatic heterocycles. The Balaban J connectivity index is 1.29. The van der Waals surface area contributed by atoms with Crippen LogP contribution < -0.4 is 11.2 Å². The zero-order valence-electron chi connectivity index (χ0n) is 31.4. The molecule has 7 rings (SSSR count). The van der Waals surface area contributed by atoms with Crippen molar-refractivity contribution in [2.75, 3.05) is 26.3 Å². The Morgan fingerprint density at radius 3 is 1.87 bits per heavy atom. The first-order valence-corrected chi connectivity index (χ1v) is 18.2. The van der Waals surface area contributed by atoms with E-state index in [9.17, 15) is 9.59 Å². The van der Waals surface area contributed by atoms with Crippen molar-refractivity contribution in [1.29, 1.82) is 0 Å². The van der Waals surface area contributed by atoms with Gasteiger partial charge in [-0.05, 0) is 63.6 Å². The summed E-state index contributed by atoms with van der Waals surface area (Å²) in [6, 6.07) is 17.9. The molecule has 0 bridgehead atoms. The monoisotopic (exact) mass is 717 g/mol. The highest BCUT2D eigenvalue weighted by molar-refractivity contribution is 5.94. The summed E-state index contributed by atoms with van der Waals surface area (Å²) in [4.78, 5) is 39.1. The standard InChI is InChI=1S/C39H47N11O3/c1-7-49-33(24-27(3)42-49)36(51)40-38-44(5)30-15-9-10-16-31(30)47(38)18-11-12-19-48-35-29(26-46-20-22-53-23-21-46)14-13-17-32(35)45(6)39(48)41-37(52)34-25-28(4)43-50(34)8-2/h9-17,24-25H,7-8,18-23,26H2,1-6H3/b12-11+,40-38?,41-39?. The van der Waals surface area contributed by atoms with Crippen molar-refractivity contribution >= 4 is 33.9 Å². The Bertz CT molecular complexity index is 2490. The van der Waals surface area contributed by atoms with Crippen LogP contribution in [0.15, 0.2) is 76.7 Å². The van der Waals surface area contributed by atoms with Crippen molar-refractivity contribution in [3.8, 4) is 0 Å². The van der Waals surface area contributed by atoms with Crippen molar-refractivity contribution in [2.24, 2.45) is 24.1 Å². The maximum atomic E-state index is 13.8. The Labute approximate surface area is 307 Å². The predicted octanol–water partition coefficient (Wildman–Crippen LogP) is 3.89. The van der Waals surface area contributed by atoms with E-state index in [1.54, 1.807) is 21.5 Å². The lowest BCUT2D eigenvalue weighted by Crippen LogP contribution is -2.35. The first kappa shape index (κ1) is 35.8. The molecule has 276 valence electrons. The molecule has 0 aliphatic carbocycles. The fraction of sp³-hybridized carbons (Fsp3) is 0.385. The molecule has 6 aromatic rings. The van der Waals surface area contributed by atoms with E-state index in [0.29, 0.717) is 62.0 Å². The van der Waals surface area contributed by atoms with Crippen LogP contribution in [-0.2, 0) is 51.6 Å². The maximum Gasteiger partial charge on any atom is 0.298 e. The highest BCUT2D eigenvalue weighted by atomic mass is 16.5. The third-order valence-corrected chi connectivity index (χ3v) is 9.83. The Morgan fingerprint density at radius 1 is 0.736 bits per heavy atom. The first-order chi connectivity index (χ1) is 25.7. The quantitative estimate of drug-likeness (QED) is 0.198. The molecule has 1 fully saturated rings. The van der Waals surface area contributed by atoms with E-state index >= 15 is 0 Å². The number of para-hydroxylation sites is 3. The minimum absolute atomic E-state index is 0.340. The van der Waals surface area contributed by atoms with Crippen LogP contribution in [0.25, 0.3) is 22.1 Å². The average molecular weight is 718 g/mol. The fourth-order valence-corrected chi connectivity index (χ4v) is 7.25. The van der Waals surface area contributed by atoms with Gasteiger partial charge in [0.1, 0.15) is 11.4 Å². The number of ether oxygens (including phenoxy) is 1. The van der Waals surface area contributed by atoms with Gasteiger partial charge in [0.25, 0.3) is 11.8 Å². The van der Waals surface area contributed by atoms with Crippen molar-refractivity contribution in [2.45, 2.75) is 60.4 Å². The zero-order valence-corrected chi connectivity index (χ0v) is 31.4. The van der Waals surface area contributed by atoms with E-state index in [1.807, 2.05) is 79.8 Å². The smallest absolute Gasteiger partial charge is 0.298 e. The highest BCUT2D eigenvalue weighted by Gasteiger charge is 2.20. The summed E-state index contributed by atoms with van der Waals surface area (Å²) >= 11 is 0. The van der Waals surface area contributed by atoms with Gasteiger partial charge in [0, 0.05) is 59.9 Å². The number of aryl methyl sites for hydroxylation is 6. The van der Waals surface area contributed by atoms with Crippen LogP contribution in [0.4, 0.5) is 0 Å². The second-order valence-electron chi connectivity index (χ2n) is 13.4. The lowest BCUT2D eigenvalue weighted by atomic mass is 10.1. The van der Waals surface area contributed by atoms with Gasteiger partial charge in [-0.15, -0.1) is 0 Å². The second kappa shape index (κ2) is 15.2. The van der Waals surface area contributed by atoms with Crippen molar-refractivity contribution in [3.05, 3.63) is 106 Å². The molecule has 0 atom stereocenters. The molecule has 1 saturated heterocycles. The number of allylic oxidation sites excluding steroid dienone is 2. The van der Waals surface area contributed by atoms with Crippen molar-refractivity contribution in [3.63, 3.8) is 0 Å². The summed E-state index contributed by atoms with van der Waals surface area (Å²) < 4.78 is 17.1. The Kier molecular flexibility index (Phi) is 10.2. The average Bonchev–Trinajstić information content (AvgIpc) is 3.89. The van der Waals surface area contributed by atoms with Gasteiger partial charge in [-0.3, -0.25) is 23.9 Å². The van der Waals surface area contributed by atoms with Crippen LogP contribution >= 0.6 is 0 Å². The SMILES string of the molecule is CCn1nc(C)cc1C(=O)N=c1n(C)c2ccccc2n1C/C=C/Cn1c(=NC(=O)c2cc(C)nn2CC)n(C)c2cccc(CN3CCOCC3)c21. The topological polar surface area (TPSA) is 127 Å². The molecular weight excluding hydrogens is 671 g/mol. The summed E-state index contributed by atoms with van der Waals surface area (Å²) in [5.74, 6) is -0.682. The number of carbonyl (C=O) groups excluding carboxylic acids is 2. The third kappa shape index (κ3) is 6.99. The first-order valence-electron chi connectivity index (χ1n) is 18.2. The fourth-order valence-electron chi connectivity index (χ4n) is 7.25. The minimum Gasteiger partial charge on any atom is -0.379 e. The molecule has 0 N–H and O–H groups in total. The molecule has 14 heteroatoms. The number of benzene rings is 2. The van der Waals surface area contributed by atoms with Crippen molar-refractivity contribution in [1.82, 2.24) is 42.7 Å². The van der Waals surface area contributed by atoms with Crippen LogP contribution in [0, 0.1) is 13.8 Å². The normalized spacial score (nSPS) is 14.8. The van der Waals surface area contributed by atoms with E-state index < -0.39 is 0 Å². The molecule has 0 unspecified atom stereocenters. The van der Waals surface area contributed by atoms with Crippen LogP contribution in [0.1, 0.15) is 51.8 Å². The van der Waals surface area contributed by atoms with E-state index in [0.717, 1.165) is 58.7 Å². The molecule has 5 heterocycles. The molecule has 0 radical (unpaired) electrons. The number of rotatable bonds is 10. The lowest BCUT2D eigenvalue weighted by molar-refractivity contribution is 0.0343. The summed E-state index contributed by atoms with van der Waals surface area (Å²) in [6.45, 7) is 13.6. The number of fused-ring (bicyclic) bond motifs is 2. The van der Waals surface area contributed by atoms with Crippen LogP contribution in [0.2, 0.25) is 0 Å². The van der Waals surface area contributed by atoms with Gasteiger partial charge in [0.2, 0.25) is 11.2 Å². The molecule has 53 heavy (non-hydrogen) atoms. The van der Waals surface area contributed by atoms with Gasteiger partial charge in [-0.2, -0.15) is 20.2 Å². The van der Waals surface area contributed by atoms with Crippen molar-refractivity contribution < 1.29 is 14.3 Å². The number of morpholine rings is 1. The van der Waals surface area contributed by atoms with Gasteiger partial charge < -0.3 is 23.0 Å². The molecule has 14 nitrogen and oxygen atoms in total. The number of nitrogens with zero attached hydrogens (tertiary/aromatic N) is 11. The summed E-state index contributed by atoms with van der Waals surface area (Å²) in [5.41, 5.74) is 8.64.